The van der Waals surface area contributed by atoms with E-state index in [1.165, 1.54) is 6.33 Å². The number of rotatable bonds is 3. The molecule has 0 saturated carbocycles. The number of imidazole rings is 1. The number of aryl methyl sites for hydroxylation is 1. The van der Waals surface area contributed by atoms with Gasteiger partial charge in [0, 0.05) is 10.9 Å². The number of oxazole rings is 1. The van der Waals surface area contributed by atoms with Crippen LogP contribution in [0.4, 0.5) is 0 Å². The number of hydrogen-bond donors (Lipinski definition) is 0. The molecular formula is C14H9N5OS. The van der Waals surface area contributed by atoms with Crippen molar-refractivity contribution in [3.05, 3.63) is 46.0 Å². The lowest BCUT2D eigenvalue weighted by molar-refractivity contribution is 0.538. The van der Waals surface area contributed by atoms with Crippen LogP contribution < -0.4 is 0 Å². The lowest BCUT2D eigenvalue weighted by atomic mass is 10.3. The minimum absolute atomic E-state index is 0.122. The van der Waals surface area contributed by atoms with E-state index in [0.29, 0.717) is 18.2 Å². The van der Waals surface area contributed by atoms with Gasteiger partial charge in [0.05, 0.1) is 12.9 Å². The van der Waals surface area contributed by atoms with Crippen LogP contribution in [0.5, 0.6) is 0 Å². The van der Waals surface area contributed by atoms with Gasteiger partial charge >= 0.3 is 0 Å². The summed E-state index contributed by atoms with van der Waals surface area (Å²) in [4.78, 5) is 8.37. The second kappa shape index (κ2) is 5.23. The van der Waals surface area contributed by atoms with Crippen LogP contribution in [0.3, 0.4) is 0 Å². The van der Waals surface area contributed by atoms with Crippen molar-refractivity contribution in [2.24, 2.45) is 0 Å². The van der Waals surface area contributed by atoms with Crippen LogP contribution in [0, 0.1) is 29.6 Å². The molecule has 0 saturated heterocycles. The van der Waals surface area contributed by atoms with E-state index in [1.807, 2.05) is 35.9 Å². The molecule has 0 amide bonds. The smallest absolute Gasteiger partial charge is 0.227 e. The molecule has 0 bridgehead atoms. The van der Waals surface area contributed by atoms with Gasteiger partial charge in [-0.1, -0.05) is 0 Å². The SMILES string of the molecule is Cc1oc(-c2ccsc2)nc1Cn1cnc(C#N)c1C#N. The summed E-state index contributed by atoms with van der Waals surface area (Å²) < 4.78 is 7.25. The predicted molar refractivity (Wildman–Crippen MR) is 75.3 cm³/mol. The summed E-state index contributed by atoms with van der Waals surface area (Å²) in [6, 6.07) is 5.82. The van der Waals surface area contributed by atoms with Gasteiger partial charge in [0.1, 0.15) is 23.6 Å². The van der Waals surface area contributed by atoms with E-state index in [2.05, 4.69) is 9.97 Å². The molecule has 0 atom stereocenters. The van der Waals surface area contributed by atoms with Crippen molar-refractivity contribution in [1.82, 2.24) is 14.5 Å². The number of nitriles is 2. The van der Waals surface area contributed by atoms with E-state index in [4.69, 9.17) is 14.9 Å². The summed E-state index contributed by atoms with van der Waals surface area (Å²) in [6.45, 7) is 2.17. The molecule has 21 heavy (non-hydrogen) atoms. The largest absolute Gasteiger partial charge is 0.441 e. The predicted octanol–water partition coefficient (Wildman–Crippen LogP) is 2.70. The average Bonchev–Trinajstić information content (AvgIpc) is 3.19. The molecule has 0 aromatic carbocycles. The fourth-order valence-corrected chi connectivity index (χ4v) is 2.58. The fourth-order valence-electron chi connectivity index (χ4n) is 1.95. The topological polar surface area (TPSA) is 91.4 Å². The molecule has 3 rings (SSSR count). The molecule has 3 aromatic heterocycles. The highest BCUT2D eigenvalue weighted by atomic mass is 32.1. The number of aromatic nitrogens is 3. The van der Waals surface area contributed by atoms with Crippen molar-refractivity contribution < 1.29 is 4.42 Å². The van der Waals surface area contributed by atoms with Gasteiger partial charge in [-0.3, -0.25) is 0 Å². The zero-order valence-corrected chi connectivity index (χ0v) is 11.9. The highest BCUT2D eigenvalue weighted by molar-refractivity contribution is 7.08. The van der Waals surface area contributed by atoms with Crippen LogP contribution in [0.1, 0.15) is 22.8 Å². The first kappa shape index (κ1) is 13.1. The van der Waals surface area contributed by atoms with Gasteiger partial charge in [-0.2, -0.15) is 21.9 Å². The van der Waals surface area contributed by atoms with Gasteiger partial charge < -0.3 is 8.98 Å². The monoisotopic (exact) mass is 295 g/mol. The molecule has 0 aliphatic rings. The van der Waals surface area contributed by atoms with Gasteiger partial charge in [-0.05, 0) is 18.4 Å². The van der Waals surface area contributed by atoms with Crippen LogP contribution in [0.15, 0.2) is 27.6 Å². The second-order valence-corrected chi connectivity index (χ2v) is 5.11. The summed E-state index contributed by atoms with van der Waals surface area (Å²) in [5, 5.41) is 21.9. The van der Waals surface area contributed by atoms with Crippen LogP contribution >= 0.6 is 11.3 Å². The maximum absolute atomic E-state index is 9.12. The quantitative estimate of drug-likeness (QED) is 0.740. The van der Waals surface area contributed by atoms with Crippen LogP contribution in [-0.4, -0.2) is 14.5 Å². The Morgan fingerprint density at radius 3 is 2.90 bits per heavy atom. The van der Waals surface area contributed by atoms with E-state index in [0.717, 1.165) is 11.3 Å². The zero-order chi connectivity index (χ0) is 14.8. The summed E-state index contributed by atoms with van der Waals surface area (Å²) >= 11 is 1.57. The standard InChI is InChI=1S/C14H9N5OS/c1-9-12(18-14(20-9)10-2-3-21-7-10)6-19-8-17-11(4-15)13(19)5-16/h2-3,7-8H,6H2,1H3. The van der Waals surface area contributed by atoms with Gasteiger partial charge in [0.2, 0.25) is 5.89 Å². The summed E-state index contributed by atoms with van der Waals surface area (Å²) in [6.07, 6.45) is 1.47. The van der Waals surface area contributed by atoms with Gasteiger partial charge in [-0.25, -0.2) is 9.97 Å². The first-order valence-corrected chi connectivity index (χ1v) is 7.01. The average molecular weight is 295 g/mol. The first-order chi connectivity index (χ1) is 10.2. The number of hydrogen-bond acceptors (Lipinski definition) is 6. The van der Waals surface area contributed by atoms with Gasteiger partial charge in [0.15, 0.2) is 11.4 Å². The molecule has 102 valence electrons. The molecule has 0 radical (unpaired) electrons. The van der Waals surface area contributed by atoms with Crippen molar-refractivity contribution in [3.8, 4) is 23.6 Å². The Bertz CT molecular complexity index is 860. The van der Waals surface area contributed by atoms with Crippen molar-refractivity contribution >= 4 is 11.3 Å². The van der Waals surface area contributed by atoms with Crippen LogP contribution in [0.25, 0.3) is 11.5 Å². The lowest BCUT2D eigenvalue weighted by Crippen LogP contribution is -2.03. The molecule has 6 nitrogen and oxygen atoms in total. The Balaban J connectivity index is 1.95. The Hall–Kier alpha value is -2.90. The highest BCUT2D eigenvalue weighted by Gasteiger charge is 2.15. The van der Waals surface area contributed by atoms with Crippen molar-refractivity contribution in [3.63, 3.8) is 0 Å². The van der Waals surface area contributed by atoms with Gasteiger partial charge in [-0.15, -0.1) is 0 Å². The highest BCUT2D eigenvalue weighted by Crippen LogP contribution is 2.24. The van der Waals surface area contributed by atoms with Crippen molar-refractivity contribution in [2.75, 3.05) is 0 Å². The van der Waals surface area contributed by atoms with E-state index < -0.39 is 0 Å². The Morgan fingerprint density at radius 1 is 1.38 bits per heavy atom. The molecule has 3 heterocycles. The van der Waals surface area contributed by atoms with E-state index in [-0.39, 0.29) is 11.4 Å². The molecule has 0 N–H and O–H groups in total. The molecule has 0 aliphatic carbocycles. The lowest BCUT2D eigenvalue weighted by Gasteiger charge is -2.00. The van der Waals surface area contributed by atoms with Crippen molar-refractivity contribution in [2.45, 2.75) is 13.5 Å². The third-order valence-corrected chi connectivity index (χ3v) is 3.71. The van der Waals surface area contributed by atoms with Crippen LogP contribution in [0.2, 0.25) is 0 Å². The van der Waals surface area contributed by atoms with Crippen LogP contribution in [-0.2, 0) is 6.54 Å². The molecule has 0 unspecified atom stereocenters. The minimum Gasteiger partial charge on any atom is -0.441 e. The van der Waals surface area contributed by atoms with E-state index >= 15 is 0 Å². The molecule has 0 fully saturated rings. The van der Waals surface area contributed by atoms with Gasteiger partial charge in [0.25, 0.3) is 0 Å². The maximum Gasteiger partial charge on any atom is 0.227 e. The molecule has 7 heteroatoms. The normalized spacial score (nSPS) is 10.2. The third-order valence-electron chi connectivity index (χ3n) is 3.03. The summed E-state index contributed by atoms with van der Waals surface area (Å²) in [5.74, 6) is 1.25. The molecule has 3 aromatic rings. The second-order valence-electron chi connectivity index (χ2n) is 4.33. The van der Waals surface area contributed by atoms with E-state index in [1.54, 1.807) is 15.9 Å². The minimum atomic E-state index is 0.122. The third kappa shape index (κ3) is 2.31. The fraction of sp³-hybridized carbons (Fsp3) is 0.143. The summed E-state index contributed by atoms with van der Waals surface area (Å²) in [5.41, 5.74) is 2.00. The molecule has 0 spiro atoms. The number of nitrogens with zero attached hydrogens (tertiary/aromatic N) is 5. The Labute approximate surface area is 124 Å². The molecule has 0 aliphatic heterocycles. The van der Waals surface area contributed by atoms with Crippen molar-refractivity contribution in [1.29, 1.82) is 10.5 Å². The Kier molecular flexibility index (Phi) is 3.27. The Morgan fingerprint density at radius 2 is 2.24 bits per heavy atom. The zero-order valence-electron chi connectivity index (χ0n) is 11.1. The van der Waals surface area contributed by atoms with E-state index in [9.17, 15) is 0 Å². The summed E-state index contributed by atoms with van der Waals surface area (Å²) in [7, 11) is 0. The first-order valence-electron chi connectivity index (χ1n) is 6.07. The number of thiophene rings is 1. The molecular weight excluding hydrogens is 286 g/mol. The maximum atomic E-state index is 9.12.